The lowest BCUT2D eigenvalue weighted by Crippen LogP contribution is -2.20. The van der Waals surface area contributed by atoms with Gasteiger partial charge in [0, 0.05) is 19.0 Å². The molecule has 3 rings (SSSR count). The fraction of sp³-hybridized carbons (Fsp3) is 0.267. The van der Waals surface area contributed by atoms with E-state index in [0.29, 0.717) is 23.5 Å². The standard InChI is InChI=1S/C15H16N4O/c1-16-15(20)12-7-8-14(19-18-12)17-13-9-11(13)10-5-3-2-4-6-10/h2-8,11,13H,9H2,1H3,(H,16,20)(H,17,19). The molecule has 1 aliphatic carbocycles. The summed E-state index contributed by atoms with van der Waals surface area (Å²) in [5.41, 5.74) is 1.67. The highest BCUT2D eigenvalue weighted by molar-refractivity contribution is 5.91. The molecule has 2 atom stereocenters. The van der Waals surface area contributed by atoms with Crippen LogP contribution < -0.4 is 10.6 Å². The molecule has 1 aromatic carbocycles. The van der Waals surface area contributed by atoms with E-state index in [4.69, 9.17) is 0 Å². The Hall–Kier alpha value is -2.43. The van der Waals surface area contributed by atoms with Gasteiger partial charge in [-0.3, -0.25) is 4.79 Å². The third-order valence-electron chi connectivity index (χ3n) is 3.48. The molecule has 1 amide bonds. The minimum atomic E-state index is -0.224. The number of aromatic nitrogens is 2. The third-order valence-corrected chi connectivity index (χ3v) is 3.48. The Kier molecular flexibility index (Phi) is 3.33. The largest absolute Gasteiger partial charge is 0.365 e. The molecule has 20 heavy (non-hydrogen) atoms. The predicted octanol–water partition coefficient (Wildman–Crippen LogP) is 1.80. The number of hydrogen-bond donors (Lipinski definition) is 2. The smallest absolute Gasteiger partial charge is 0.271 e. The van der Waals surface area contributed by atoms with Gasteiger partial charge in [-0.25, -0.2) is 0 Å². The van der Waals surface area contributed by atoms with Crippen LogP contribution in [0.15, 0.2) is 42.5 Å². The van der Waals surface area contributed by atoms with Gasteiger partial charge in [0.1, 0.15) is 5.82 Å². The van der Waals surface area contributed by atoms with E-state index in [1.54, 1.807) is 19.2 Å². The molecule has 2 N–H and O–H groups in total. The van der Waals surface area contributed by atoms with E-state index >= 15 is 0 Å². The molecule has 0 spiro atoms. The molecule has 0 saturated heterocycles. The Balaban J connectivity index is 1.61. The van der Waals surface area contributed by atoms with Crippen LogP contribution >= 0.6 is 0 Å². The highest BCUT2D eigenvalue weighted by atomic mass is 16.1. The maximum Gasteiger partial charge on any atom is 0.271 e. The molecule has 0 bridgehead atoms. The zero-order valence-electron chi connectivity index (χ0n) is 11.2. The van der Waals surface area contributed by atoms with Crippen molar-refractivity contribution in [3.05, 3.63) is 53.7 Å². The fourth-order valence-electron chi connectivity index (χ4n) is 2.27. The van der Waals surface area contributed by atoms with Gasteiger partial charge in [0.2, 0.25) is 0 Å². The van der Waals surface area contributed by atoms with Crippen LogP contribution in [0.1, 0.15) is 28.4 Å². The van der Waals surface area contributed by atoms with E-state index in [0.717, 1.165) is 6.42 Å². The topological polar surface area (TPSA) is 66.9 Å². The van der Waals surface area contributed by atoms with Crippen LogP contribution in [-0.2, 0) is 0 Å². The Morgan fingerprint density at radius 2 is 1.95 bits per heavy atom. The first-order chi connectivity index (χ1) is 9.78. The SMILES string of the molecule is CNC(=O)c1ccc(NC2CC2c2ccccc2)nn1. The quantitative estimate of drug-likeness (QED) is 0.887. The van der Waals surface area contributed by atoms with Crippen molar-refractivity contribution in [2.24, 2.45) is 0 Å². The summed E-state index contributed by atoms with van der Waals surface area (Å²) in [6.07, 6.45) is 1.10. The second-order valence-corrected chi connectivity index (χ2v) is 4.89. The first-order valence-electron chi connectivity index (χ1n) is 6.65. The number of benzene rings is 1. The van der Waals surface area contributed by atoms with Crippen LogP contribution in [0, 0.1) is 0 Å². The predicted molar refractivity (Wildman–Crippen MR) is 76.6 cm³/mol. The van der Waals surface area contributed by atoms with Crippen molar-refractivity contribution in [1.29, 1.82) is 0 Å². The number of nitrogens with one attached hydrogen (secondary N) is 2. The maximum atomic E-state index is 11.4. The number of anilines is 1. The Bertz CT molecular complexity index is 597. The Morgan fingerprint density at radius 3 is 2.60 bits per heavy atom. The number of nitrogens with zero attached hydrogens (tertiary/aromatic N) is 2. The van der Waals surface area contributed by atoms with Crippen LogP contribution in [0.4, 0.5) is 5.82 Å². The molecule has 5 heteroatoms. The summed E-state index contributed by atoms with van der Waals surface area (Å²) in [4.78, 5) is 11.4. The van der Waals surface area contributed by atoms with E-state index < -0.39 is 0 Å². The lowest BCUT2D eigenvalue weighted by molar-refractivity contribution is 0.0957. The van der Waals surface area contributed by atoms with Gasteiger partial charge < -0.3 is 10.6 Å². The van der Waals surface area contributed by atoms with Crippen LogP contribution in [0.3, 0.4) is 0 Å². The number of carbonyl (C=O) groups excluding carboxylic acids is 1. The minimum Gasteiger partial charge on any atom is -0.365 e. The van der Waals surface area contributed by atoms with Crippen LogP contribution in [0.2, 0.25) is 0 Å². The van der Waals surface area contributed by atoms with Crippen molar-refractivity contribution in [2.45, 2.75) is 18.4 Å². The van der Waals surface area contributed by atoms with E-state index in [9.17, 15) is 4.79 Å². The molecule has 5 nitrogen and oxygen atoms in total. The average molecular weight is 268 g/mol. The van der Waals surface area contributed by atoms with Crippen LogP contribution in [0.5, 0.6) is 0 Å². The molecule has 1 heterocycles. The second-order valence-electron chi connectivity index (χ2n) is 4.89. The van der Waals surface area contributed by atoms with Crippen molar-refractivity contribution >= 4 is 11.7 Å². The van der Waals surface area contributed by atoms with Crippen molar-refractivity contribution in [1.82, 2.24) is 15.5 Å². The minimum absolute atomic E-state index is 0.224. The number of amides is 1. The summed E-state index contributed by atoms with van der Waals surface area (Å²) in [5.74, 6) is 1.02. The van der Waals surface area contributed by atoms with Gasteiger partial charge in [-0.2, -0.15) is 0 Å². The van der Waals surface area contributed by atoms with Gasteiger partial charge in [-0.1, -0.05) is 30.3 Å². The molecule has 1 aromatic heterocycles. The molecule has 1 fully saturated rings. The normalized spacial score (nSPS) is 20.2. The number of carbonyl (C=O) groups is 1. The molecule has 102 valence electrons. The van der Waals surface area contributed by atoms with Crippen molar-refractivity contribution in [2.75, 3.05) is 12.4 Å². The third kappa shape index (κ3) is 2.61. The van der Waals surface area contributed by atoms with E-state index in [1.165, 1.54) is 5.56 Å². The first-order valence-corrected chi connectivity index (χ1v) is 6.65. The number of hydrogen-bond acceptors (Lipinski definition) is 4. The van der Waals surface area contributed by atoms with E-state index in [1.807, 2.05) is 6.07 Å². The molecule has 2 unspecified atom stereocenters. The zero-order chi connectivity index (χ0) is 13.9. The van der Waals surface area contributed by atoms with Gasteiger partial charge in [-0.15, -0.1) is 10.2 Å². The molecule has 1 aliphatic rings. The molecular formula is C15H16N4O. The number of rotatable bonds is 4. The Morgan fingerprint density at radius 1 is 1.15 bits per heavy atom. The van der Waals surface area contributed by atoms with Gasteiger partial charge in [0.15, 0.2) is 5.69 Å². The molecular weight excluding hydrogens is 252 g/mol. The van der Waals surface area contributed by atoms with Crippen molar-refractivity contribution < 1.29 is 4.79 Å². The van der Waals surface area contributed by atoms with E-state index in [-0.39, 0.29) is 5.91 Å². The highest BCUT2D eigenvalue weighted by Crippen LogP contribution is 2.42. The first kappa shape index (κ1) is 12.6. The maximum absolute atomic E-state index is 11.4. The second kappa shape index (κ2) is 5.28. The summed E-state index contributed by atoms with van der Waals surface area (Å²) in [6, 6.07) is 14.3. The van der Waals surface area contributed by atoms with Crippen molar-refractivity contribution in [3.63, 3.8) is 0 Å². The highest BCUT2D eigenvalue weighted by Gasteiger charge is 2.38. The van der Waals surface area contributed by atoms with Gasteiger partial charge >= 0.3 is 0 Å². The Labute approximate surface area is 117 Å². The van der Waals surface area contributed by atoms with Gasteiger partial charge in [-0.05, 0) is 24.1 Å². The molecule has 1 saturated carbocycles. The van der Waals surface area contributed by atoms with Crippen LogP contribution in [0.25, 0.3) is 0 Å². The summed E-state index contributed by atoms with van der Waals surface area (Å²) in [6.45, 7) is 0. The van der Waals surface area contributed by atoms with Crippen LogP contribution in [-0.4, -0.2) is 29.2 Å². The summed E-state index contributed by atoms with van der Waals surface area (Å²) >= 11 is 0. The van der Waals surface area contributed by atoms with E-state index in [2.05, 4.69) is 45.1 Å². The fourth-order valence-corrected chi connectivity index (χ4v) is 2.27. The molecule has 0 radical (unpaired) electrons. The molecule has 0 aliphatic heterocycles. The lowest BCUT2D eigenvalue weighted by Gasteiger charge is -2.05. The summed E-state index contributed by atoms with van der Waals surface area (Å²) < 4.78 is 0. The molecule has 2 aromatic rings. The van der Waals surface area contributed by atoms with Gasteiger partial charge in [0.05, 0.1) is 0 Å². The summed E-state index contributed by atoms with van der Waals surface area (Å²) in [7, 11) is 1.57. The monoisotopic (exact) mass is 268 g/mol. The zero-order valence-corrected chi connectivity index (χ0v) is 11.2. The lowest BCUT2D eigenvalue weighted by atomic mass is 10.1. The van der Waals surface area contributed by atoms with Crippen molar-refractivity contribution in [3.8, 4) is 0 Å². The van der Waals surface area contributed by atoms with Gasteiger partial charge in [0.25, 0.3) is 5.91 Å². The summed E-state index contributed by atoms with van der Waals surface area (Å²) in [5, 5.41) is 13.8. The average Bonchev–Trinajstić information content (AvgIpc) is 3.27.